The number of nitrogens with two attached hydrogens (primary N) is 2. The van der Waals surface area contributed by atoms with Crippen LogP contribution in [0.2, 0.25) is 0 Å². The summed E-state index contributed by atoms with van der Waals surface area (Å²) in [4.78, 5) is 19.6. The number of carbonyl (C=O) groups excluding carboxylic acids is 1. The Balaban J connectivity index is 1.89. The number of guanidine groups is 1. The number of alkyl halides is 3. The van der Waals surface area contributed by atoms with E-state index >= 15 is 0 Å². The number of benzene rings is 1. The van der Waals surface area contributed by atoms with E-state index in [0.717, 1.165) is 12.1 Å². The van der Waals surface area contributed by atoms with E-state index in [2.05, 4.69) is 21.8 Å². The van der Waals surface area contributed by atoms with Crippen LogP contribution < -0.4 is 11.5 Å². The molecule has 0 bridgehead atoms. The van der Waals surface area contributed by atoms with Crippen molar-refractivity contribution in [3.05, 3.63) is 71.2 Å². The predicted molar refractivity (Wildman–Crippen MR) is 110 cm³/mol. The Morgan fingerprint density at radius 2 is 1.97 bits per heavy atom. The lowest BCUT2D eigenvalue weighted by Crippen LogP contribution is -2.24. The Hall–Kier alpha value is -3.45. The number of aliphatic imine (C=N–C) groups is 1. The first kappa shape index (κ1) is 21.3. The van der Waals surface area contributed by atoms with Crippen molar-refractivity contribution in [1.29, 1.82) is 0 Å². The molecule has 4 N–H and O–H groups in total. The molecule has 0 saturated heterocycles. The summed E-state index contributed by atoms with van der Waals surface area (Å²) in [5.41, 5.74) is 11.6. The van der Waals surface area contributed by atoms with Gasteiger partial charge in [-0.1, -0.05) is 18.1 Å². The van der Waals surface area contributed by atoms with Crippen LogP contribution in [0, 0.1) is 11.8 Å². The molecule has 30 heavy (non-hydrogen) atoms. The van der Waals surface area contributed by atoms with Crippen LogP contribution in [-0.4, -0.2) is 27.0 Å². The highest BCUT2D eigenvalue weighted by atomic mass is 32.2. The zero-order valence-corrected chi connectivity index (χ0v) is 16.3. The number of amides is 1. The zero-order chi connectivity index (χ0) is 21.7. The van der Waals surface area contributed by atoms with Crippen LogP contribution in [0.15, 0.2) is 53.7 Å². The smallest absolute Gasteiger partial charge is 0.370 e. The van der Waals surface area contributed by atoms with Crippen LogP contribution in [0.25, 0.3) is 5.65 Å². The lowest BCUT2D eigenvalue weighted by Gasteiger charge is -2.05. The molecular weight excluding hydrogens is 415 g/mol. The molecule has 1 amide bonds. The van der Waals surface area contributed by atoms with E-state index in [9.17, 15) is 18.0 Å². The van der Waals surface area contributed by atoms with Gasteiger partial charge in [-0.25, -0.2) is 4.98 Å². The van der Waals surface area contributed by atoms with Gasteiger partial charge >= 0.3 is 6.18 Å². The van der Waals surface area contributed by atoms with Gasteiger partial charge in [0.2, 0.25) is 0 Å². The van der Waals surface area contributed by atoms with Crippen molar-refractivity contribution in [2.75, 3.05) is 5.75 Å². The van der Waals surface area contributed by atoms with Gasteiger partial charge in [-0.2, -0.15) is 18.2 Å². The molecule has 0 radical (unpaired) electrons. The first-order valence-corrected chi connectivity index (χ1v) is 9.75. The monoisotopic (exact) mass is 431 g/mol. The van der Waals surface area contributed by atoms with E-state index < -0.39 is 17.6 Å². The van der Waals surface area contributed by atoms with Crippen molar-refractivity contribution in [3.63, 3.8) is 0 Å². The standard InChI is InChI=1S/C20H16F3N5OS/c21-20(22,23)14-5-3-4-13(10-14)7-8-16-15(11-30-12-18(29)27-19(24)25)26-17-6-1-2-9-28(16)17/h1-6,9-10H,11-12H2,(H4,24,25,27,29). The highest BCUT2D eigenvalue weighted by Gasteiger charge is 2.30. The second kappa shape index (κ2) is 8.92. The van der Waals surface area contributed by atoms with Gasteiger partial charge in [-0.15, -0.1) is 11.8 Å². The normalized spacial score (nSPS) is 11.0. The maximum Gasteiger partial charge on any atom is 0.416 e. The number of nitrogens with zero attached hydrogens (tertiary/aromatic N) is 3. The molecule has 0 atom stereocenters. The summed E-state index contributed by atoms with van der Waals surface area (Å²) in [5.74, 6) is 5.31. The average Bonchev–Trinajstić information content (AvgIpc) is 3.03. The van der Waals surface area contributed by atoms with Crippen LogP contribution in [-0.2, 0) is 16.7 Å². The van der Waals surface area contributed by atoms with Gasteiger partial charge in [-0.3, -0.25) is 9.20 Å². The van der Waals surface area contributed by atoms with Crippen LogP contribution in [0.5, 0.6) is 0 Å². The topological polar surface area (TPSA) is 98.8 Å². The molecule has 1 aromatic carbocycles. The van der Waals surface area contributed by atoms with Crippen molar-refractivity contribution in [2.45, 2.75) is 11.9 Å². The summed E-state index contributed by atoms with van der Waals surface area (Å²) in [6.07, 6.45) is -2.68. The summed E-state index contributed by atoms with van der Waals surface area (Å²) in [7, 11) is 0. The third-order valence-corrected chi connectivity index (χ3v) is 4.76. The summed E-state index contributed by atoms with van der Waals surface area (Å²) in [5, 5.41) is 0. The molecule has 3 rings (SSSR count). The SMILES string of the molecule is NC(N)=NC(=O)CSCc1nc2ccccn2c1C#Cc1cccc(C(F)(F)F)c1. The molecule has 0 spiro atoms. The summed E-state index contributed by atoms with van der Waals surface area (Å²) in [6.45, 7) is 0. The van der Waals surface area contributed by atoms with Gasteiger partial charge in [0.1, 0.15) is 11.3 Å². The number of hydrogen-bond acceptors (Lipinski definition) is 3. The molecule has 0 aliphatic heterocycles. The van der Waals surface area contributed by atoms with Gasteiger partial charge in [0, 0.05) is 17.5 Å². The molecule has 2 aromatic heterocycles. The predicted octanol–water partition coefficient (Wildman–Crippen LogP) is 2.79. The van der Waals surface area contributed by atoms with Gasteiger partial charge in [0.25, 0.3) is 5.91 Å². The minimum atomic E-state index is -4.44. The number of aromatic nitrogens is 2. The van der Waals surface area contributed by atoms with E-state index in [1.54, 1.807) is 22.7 Å². The second-order valence-corrected chi connectivity index (χ2v) is 7.07. The van der Waals surface area contributed by atoms with Crippen LogP contribution >= 0.6 is 11.8 Å². The van der Waals surface area contributed by atoms with Crippen molar-refractivity contribution in [3.8, 4) is 11.8 Å². The number of halogens is 3. The van der Waals surface area contributed by atoms with Crippen molar-refractivity contribution < 1.29 is 18.0 Å². The van der Waals surface area contributed by atoms with Crippen LogP contribution in [0.3, 0.4) is 0 Å². The van der Waals surface area contributed by atoms with Gasteiger partial charge in [0.05, 0.1) is 17.0 Å². The molecule has 6 nitrogen and oxygen atoms in total. The van der Waals surface area contributed by atoms with Gasteiger partial charge in [-0.05, 0) is 36.3 Å². The fourth-order valence-electron chi connectivity index (χ4n) is 2.59. The minimum Gasteiger partial charge on any atom is -0.370 e. The number of thioether (sulfide) groups is 1. The Bertz CT molecular complexity index is 1170. The Morgan fingerprint density at radius 3 is 2.70 bits per heavy atom. The molecule has 154 valence electrons. The third-order valence-electron chi connectivity index (χ3n) is 3.84. The Labute approximate surface area is 174 Å². The number of hydrogen-bond donors (Lipinski definition) is 2. The molecule has 0 aliphatic carbocycles. The minimum absolute atomic E-state index is 0.0479. The maximum absolute atomic E-state index is 12.9. The number of carbonyl (C=O) groups is 1. The van der Waals surface area contributed by atoms with E-state index in [1.807, 2.05) is 6.07 Å². The summed E-state index contributed by atoms with van der Waals surface area (Å²) in [6, 6.07) is 10.2. The van der Waals surface area contributed by atoms with E-state index in [1.165, 1.54) is 23.9 Å². The maximum atomic E-state index is 12.9. The summed E-state index contributed by atoms with van der Waals surface area (Å²) < 4.78 is 40.5. The first-order valence-electron chi connectivity index (χ1n) is 8.59. The fraction of sp³-hybridized carbons (Fsp3) is 0.150. The lowest BCUT2D eigenvalue weighted by molar-refractivity contribution is -0.137. The quantitative estimate of drug-likeness (QED) is 0.376. The highest BCUT2D eigenvalue weighted by molar-refractivity contribution is 7.99. The number of imidazole rings is 1. The van der Waals surface area contributed by atoms with Crippen molar-refractivity contribution in [2.24, 2.45) is 16.5 Å². The molecule has 2 heterocycles. The molecule has 0 unspecified atom stereocenters. The van der Waals surface area contributed by atoms with Gasteiger partial charge < -0.3 is 11.5 Å². The first-order chi connectivity index (χ1) is 14.2. The van der Waals surface area contributed by atoms with Crippen molar-refractivity contribution >= 4 is 29.3 Å². The summed E-state index contributed by atoms with van der Waals surface area (Å²) >= 11 is 1.25. The molecule has 0 saturated carbocycles. The molecule has 0 aliphatic rings. The van der Waals surface area contributed by atoms with Crippen molar-refractivity contribution in [1.82, 2.24) is 9.38 Å². The molecular formula is C20H16F3N5OS. The van der Waals surface area contributed by atoms with E-state index in [-0.39, 0.29) is 17.3 Å². The third kappa shape index (κ3) is 5.33. The zero-order valence-electron chi connectivity index (χ0n) is 15.5. The number of pyridine rings is 1. The van der Waals surface area contributed by atoms with Crippen LogP contribution in [0.4, 0.5) is 13.2 Å². The lowest BCUT2D eigenvalue weighted by atomic mass is 10.1. The van der Waals surface area contributed by atoms with Gasteiger partial charge in [0.15, 0.2) is 5.96 Å². The fourth-order valence-corrected chi connectivity index (χ4v) is 3.33. The molecule has 10 heteroatoms. The largest absolute Gasteiger partial charge is 0.416 e. The Kier molecular flexibility index (Phi) is 6.32. The Morgan fingerprint density at radius 1 is 1.17 bits per heavy atom. The average molecular weight is 431 g/mol. The molecule has 0 fully saturated rings. The van der Waals surface area contributed by atoms with E-state index in [0.29, 0.717) is 22.8 Å². The number of fused-ring (bicyclic) bond motifs is 1. The molecule has 3 aromatic rings. The van der Waals surface area contributed by atoms with Crippen LogP contribution in [0.1, 0.15) is 22.5 Å². The highest BCUT2D eigenvalue weighted by Crippen LogP contribution is 2.29. The number of rotatable bonds is 4. The van der Waals surface area contributed by atoms with E-state index in [4.69, 9.17) is 11.5 Å². The second-order valence-electron chi connectivity index (χ2n) is 6.09.